The summed E-state index contributed by atoms with van der Waals surface area (Å²) in [5, 5.41) is 2.79. The molecule has 0 unspecified atom stereocenters. The monoisotopic (exact) mass is 583 g/mol. The molecule has 0 aromatic heterocycles. The van der Waals surface area contributed by atoms with Gasteiger partial charge in [0.15, 0.2) is 0 Å². The quantitative estimate of drug-likeness (QED) is 0.307. The van der Waals surface area contributed by atoms with E-state index in [9.17, 15) is 18.0 Å². The first-order valence-electron chi connectivity index (χ1n) is 13.2. The van der Waals surface area contributed by atoms with Crippen molar-refractivity contribution >= 4 is 27.5 Å². The molecule has 41 heavy (non-hydrogen) atoms. The van der Waals surface area contributed by atoms with Crippen molar-refractivity contribution in [2.75, 3.05) is 38.7 Å². The molecule has 3 rings (SSSR count). The van der Waals surface area contributed by atoms with Crippen molar-refractivity contribution in [3.8, 4) is 17.2 Å². The minimum absolute atomic E-state index is 0.00668. The van der Waals surface area contributed by atoms with Crippen molar-refractivity contribution in [1.82, 2.24) is 10.2 Å². The average molecular weight is 584 g/mol. The fourth-order valence-corrected chi connectivity index (χ4v) is 5.84. The van der Waals surface area contributed by atoms with Crippen LogP contribution in [-0.4, -0.2) is 65.6 Å². The average Bonchev–Trinajstić information content (AvgIpc) is 2.99. The van der Waals surface area contributed by atoms with Crippen LogP contribution in [0, 0.1) is 0 Å². The number of carbonyl (C=O) groups is 2. The summed E-state index contributed by atoms with van der Waals surface area (Å²) in [6.07, 6.45) is 0.315. The van der Waals surface area contributed by atoms with E-state index in [0.717, 1.165) is 9.87 Å². The smallest absolute Gasteiger partial charge is 0.264 e. The molecule has 1 N–H and O–H groups in total. The van der Waals surface area contributed by atoms with Crippen LogP contribution in [-0.2, 0) is 26.2 Å². The van der Waals surface area contributed by atoms with Gasteiger partial charge in [0.05, 0.1) is 31.9 Å². The second kappa shape index (κ2) is 14.4. The molecule has 0 saturated heterocycles. The Labute approximate surface area is 241 Å². The Morgan fingerprint density at radius 1 is 0.854 bits per heavy atom. The van der Waals surface area contributed by atoms with Crippen molar-refractivity contribution in [2.45, 2.75) is 37.8 Å². The number of ether oxygens (including phenoxy) is 3. The van der Waals surface area contributed by atoms with Crippen molar-refractivity contribution in [3.05, 3.63) is 78.4 Å². The predicted octanol–water partition coefficient (Wildman–Crippen LogP) is 3.85. The van der Waals surface area contributed by atoms with Crippen LogP contribution >= 0.6 is 0 Å². The van der Waals surface area contributed by atoms with Gasteiger partial charge in [-0.2, -0.15) is 0 Å². The van der Waals surface area contributed by atoms with E-state index in [2.05, 4.69) is 5.32 Å². The van der Waals surface area contributed by atoms with Gasteiger partial charge in [-0.1, -0.05) is 37.3 Å². The second-order valence-electron chi connectivity index (χ2n) is 9.05. The Hall–Kier alpha value is -4.25. The largest absolute Gasteiger partial charge is 0.497 e. The summed E-state index contributed by atoms with van der Waals surface area (Å²) in [5.41, 5.74) is 0.841. The van der Waals surface area contributed by atoms with Crippen molar-refractivity contribution < 1.29 is 32.2 Å². The van der Waals surface area contributed by atoms with Gasteiger partial charge in [0, 0.05) is 19.2 Å². The standard InChI is InChI=1S/C30H37N3O7S/c1-6-26(30(35)31-7-2)32(20-22-12-11-13-23(18-22)38-3)29(34)21-33(41(36,37)25-14-9-8-10-15-25)27-19-24(39-4)16-17-28(27)40-5/h8-19,26H,6-7,20-21H2,1-5H3,(H,31,35)/t26-/m0/s1. The molecule has 0 aliphatic heterocycles. The van der Waals surface area contributed by atoms with E-state index in [-0.39, 0.29) is 28.8 Å². The Morgan fingerprint density at radius 2 is 1.54 bits per heavy atom. The number of rotatable bonds is 14. The third kappa shape index (κ3) is 7.49. The number of likely N-dealkylation sites (N-methyl/N-ethyl adjacent to an activating group) is 1. The van der Waals surface area contributed by atoms with Crippen LogP contribution in [0.5, 0.6) is 17.2 Å². The maximum absolute atomic E-state index is 14.2. The number of sulfonamides is 1. The van der Waals surface area contributed by atoms with Crippen molar-refractivity contribution in [3.63, 3.8) is 0 Å². The summed E-state index contributed by atoms with van der Waals surface area (Å²) in [6.45, 7) is 3.43. The SMILES string of the molecule is CCNC(=O)[C@H](CC)N(Cc1cccc(OC)c1)C(=O)CN(c1cc(OC)ccc1OC)S(=O)(=O)c1ccccc1. The predicted molar refractivity (Wildman–Crippen MR) is 157 cm³/mol. The summed E-state index contributed by atoms with van der Waals surface area (Å²) in [6, 6.07) is 18.8. The van der Waals surface area contributed by atoms with Gasteiger partial charge in [-0.15, -0.1) is 0 Å². The maximum Gasteiger partial charge on any atom is 0.264 e. The summed E-state index contributed by atoms with van der Waals surface area (Å²) in [7, 11) is 0.158. The molecule has 0 spiro atoms. The molecular weight excluding hydrogens is 546 g/mol. The third-order valence-corrected chi connectivity index (χ3v) is 8.26. The summed E-state index contributed by atoms with van der Waals surface area (Å²) in [4.78, 5) is 28.7. The van der Waals surface area contributed by atoms with E-state index in [1.54, 1.807) is 69.5 Å². The Bertz CT molecular complexity index is 1430. The molecular formula is C30H37N3O7S. The minimum atomic E-state index is -4.26. The van der Waals surface area contributed by atoms with Crippen LogP contribution in [0.1, 0.15) is 25.8 Å². The number of anilines is 1. The summed E-state index contributed by atoms with van der Waals surface area (Å²) in [5.74, 6) is 0.296. The minimum Gasteiger partial charge on any atom is -0.497 e. The van der Waals surface area contributed by atoms with Crippen molar-refractivity contribution in [1.29, 1.82) is 0 Å². The zero-order valence-electron chi connectivity index (χ0n) is 24.0. The number of amides is 2. The second-order valence-corrected chi connectivity index (χ2v) is 10.9. The Kier molecular flexibility index (Phi) is 11.0. The first kappa shape index (κ1) is 31.3. The number of benzene rings is 3. The molecule has 0 bridgehead atoms. The number of methoxy groups -OCH3 is 3. The molecule has 1 atom stereocenters. The normalized spacial score (nSPS) is 11.7. The van der Waals surface area contributed by atoms with Crippen LogP contribution in [0.4, 0.5) is 5.69 Å². The molecule has 0 aliphatic rings. The third-order valence-electron chi connectivity index (χ3n) is 6.49. The molecule has 3 aromatic rings. The highest BCUT2D eigenvalue weighted by atomic mass is 32.2. The summed E-state index contributed by atoms with van der Waals surface area (Å²) < 4.78 is 45.3. The highest BCUT2D eigenvalue weighted by Crippen LogP contribution is 2.36. The Balaban J connectivity index is 2.14. The molecule has 2 amide bonds. The van der Waals surface area contributed by atoms with Gasteiger partial charge in [-0.25, -0.2) is 8.42 Å². The van der Waals surface area contributed by atoms with E-state index >= 15 is 0 Å². The maximum atomic E-state index is 14.2. The first-order chi connectivity index (χ1) is 19.7. The van der Waals surface area contributed by atoms with Gasteiger partial charge in [0.1, 0.15) is 29.8 Å². The van der Waals surface area contributed by atoms with E-state index in [1.165, 1.54) is 37.3 Å². The Morgan fingerprint density at radius 3 is 2.15 bits per heavy atom. The summed E-state index contributed by atoms with van der Waals surface area (Å²) >= 11 is 0. The molecule has 0 heterocycles. The van der Waals surface area contributed by atoms with Crippen LogP contribution in [0.15, 0.2) is 77.7 Å². The van der Waals surface area contributed by atoms with Crippen LogP contribution in [0.3, 0.4) is 0 Å². The lowest BCUT2D eigenvalue weighted by molar-refractivity contribution is -0.140. The van der Waals surface area contributed by atoms with Gasteiger partial charge < -0.3 is 24.4 Å². The molecule has 0 radical (unpaired) electrons. The van der Waals surface area contributed by atoms with E-state index in [0.29, 0.717) is 24.5 Å². The van der Waals surface area contributed by atoms with E-state index in [4.69, 9.17) is 14.2 Å². The van der Waals surface area contributed by atoms with E-state index < -0.39 is 28.5 Å². The van der Waals surface area contributed by atoms with Crippen LogP contribution < -0.4 is 23.8 Å². The first-order valence-corrected chi connectivity index (χ1v) is 14.6. The zero-order chi connectivity index (χ0) is 30.0. The number of carbonyl (C=O) groups excluding carboxylic acids is 2. The van der Waals surface area contributed by atoms with Gasteiger partial charge in [0.2, 0.25) is 11.8 Å². The molecule has 0 fully saturated rings. The number of hydrogen-bond donors (Lipinski definition) is 1. The highest BCUT2D eigenvalue weighted by Gasteiger charge is 2.35. The lowest BCUT2D eigenvalue weighted by Gasteiger charge is -2.33. The lowest BCUT2D eigenvalue weighted by Crippen LogP contribution is -2.52. The van der Waals surface area contributed by atoms with Gasteiger partial charge >= 0.3 is 0 Å². The molecule has 0 aliphatic carbocycles. The number of hydrogen-bond acceptors (Lipinski definition) is 7. The number of nitrogens with zero attached hydrogens (tertiary/aromatic N) is 2. The van der Waals surface area contributed by atoms with Crippen molar-refractivity contribution in [2.24, 2.45) is 0 Å². The molecule has 3 aromatic carbocycles. The highest BCUT2D eigenvalue weighted by molar-refractivity contribution is 7.92. The van der Waals surface area contributed by atoms with Gasteiger partial charge in [-0.05, 0) is 55.3 Å². The molecule has 0 saturated carbocycles. The fourth-order valence-electron chi connectivity index (χ4n) is 4.40. The molecule has 10 nitrogen and oxygen atoms in total. The van der Waals surface area contributed by atoms with E-state index in [1.807, 2.05) is 6.07 Å². The zero-order valence-corrected chi connectivity index (χ0v) is 24.8. The van der Waals surface area contributed by atoms with Crippen LogP contribution in [0.2, 0.25) is 0 Å². The van der Waals surface area contributed by atoms with Gasteiger partial charge in [0.25, 0.3) is 10.0 Å². The number of nitrogens with one attached hydrogen (secondary N) is 1. The van der Waals surface area contributed by atoms with Gasteiger partial charge in [-0.3, -0.25) is 13.9 Å². The fraction of sp³-hybridized carbons (Fsp3) is 0.333. The molecule has 11 heteroatoms. The lowest BCUT2D eigenvalue weighted by atomic mass is 10.1. The molecule has 220 valence electrons. The van der Waals surface area contributed by atoms with Crippen LogP contribution in [0.25, 0.3) is 0 Å². The topological polar surface area (TPSA) is 114 Å².